The van der Waals surface area contributed by atoms with Crippen molar-refractivity contribution in [2.75, 3.05) is 5.75 Å². The van der Waals surface area contributed by atoms with Crippen LogP contribution in [0.4, 0.5) is 8.78 Å². The van der Waals surface area contributed by atoms with Crippen LogP contribution in [0.1, 0.15) is 36.5 Å². The molecule has 0 spiro atoms. The van der Waals surface area contributed by atoms with E-state index in [2.05, 4.69) is 0 Å². The number of aliphatic hydroxyl groups excluding tert-OH is 1. The second-order valence-electron chi connectivity index (χ2n) is 7.36. The summed E-state index contributed by atoms with van der Waals surface area (Å²) in [4.78, 5) is 0.0628. The highest BCUT2D eigenvalue weighted by Gasteiger charge is 2.45. The van der Waals surface area contributed by atoms with Gasteiger partial charge in [-0.05, 0) is 47.9 Å². The average Bonchev–Trinajstić information content (AvgIpc) is 2.52. The lowest BCUT2D eigenvalue weighted by atomic mass is 9.75. The van der Waals surface area contributed by atoms with Gasteiger partial charge in [0.05, 0.1) is 16.8 Å². The van der Waals surface area contributed by atoms with Crippen LogP contribution in [0, 0.1) is 24.0 Å². The van der Waals surface area contributed by atoms with Crippen molar-refractivity contribution in [2.24, 2.45) is 5.41 Å². The first-order valence-corrected chi connectivity index (χ1v) is 9.64. The van der Waals surface area contributed by atoms with E-state index in [0.717, 1.165) is 0 Å². The molecular formula is C19H20F2O3S. The standard InChI is InChI=1S/C19H20F2O3S/c1-11-8-14(21)9-15-16(12-4-6-13(20)7-5-12)18(22)19(2,3)10-25(23,24)17(11)15/h4-9,16,18,22H,10H2,1-3H3/t16-,18-/m1/s1. The molecule has 1 N–H and O–H groups in total. The number of hydrogen-bond donors (Lipinski definition) is 1. The molecule has 0 radical (unpaired) electrons. The SMILES string of the molecule is Cc1cc(F)cc2c1S(=O)(=O)CC(C)(C)[C@H](O)[C@@H]2c1ccc(F)cc1. The molecule has 2 aromatic rings. The van der Waals surface area contributed by atoms with Crippen molar-refractivity contribution >= 4 is 9.84 Å². The van der Waals surface area contributed by atoms with Crippen molar-refractivity contribution in [2.45, 2.75) is 37.7 Å². The molecule has 6 heteroatoms. The summed E-state index contributed by atoms with van der Waals surface area (Å²) < 4.78 is 53.2. The van der Waals surface area contributed by atoms with Crippen molar-refractivity contribution in [3.8, 4) is 0 Å². The van der Waals surface area contributed by atoms with E-state index in [4.69, 9.17) is 0 Å². The Bertz CT molecular complexity index is 918. The molecule has 2 atom stereocenters. The van der Waals surface area contributed by atoms with E-state index in [1.165, 1.54) is 36.4 Å². The summed E-state index contributed by atoms with van der Waals surface area (Å²) in [6.07, 6.45) is -1.07. The molecule has 1 aliphatic heterocycles. The highest BCUT2D eigenvalue weighted by Crippen LogP contribution is 2.45. The molecule has 1 aliphatic rings. The highest BCUT2D eigenvalue weighted by molar-refractivity contribution is 7.91. The molecule has 0 saturated heterocycles. The van der Waals surface area contributed by atoms with E-state index in [1.54, 1.807) is 20.8 Å². The third kappa shape index (κ3) is 3.09. The van der Waals surface area contributed by atoms with E-state index >= 15 is 0 Å². The van der Waals surface area contributed by atoms with Crippen LogP contribution in [0.3, 0.4) is 0 Å². The normalized spacial score (nSPS) is 24.4. The fourth-order valence-electron chi connectivity index (χ4n) is 3.71. The van der Waals surface area contributed by atoms with E-state index in [-0.39, 0.29) is 16.2 Å². The quantitative estimate of drug-likeness (QED) is 0.785. The topological polar surface area (TPSA) is 54.4 Å². The first-order chi connectivity index (χ1) is 11.5. The Morgan fingerprint density at radius 2 is 1.68 bits per heavy atom. The molecule has 0 saturated carbocycles. The highest BCUT2D eigenvalue weighted by atomic mass is 32.2. The van der Waals surface area contributed by atoms with Crippen LogP contribution in [-0.2, 0) is 9.84 Å². The van der Waals surface area contributed by atoms with Crippen LogP contribution in [0.25, 0.3) is 0 Å². The van der Waals surface area contributed by atoms with Crippen molar-refractivity contribution in [3.05, 3.63) is 64.7 Å². The molecule has 0 amide bonds. The minimum Gasteiger partial charge on any atom is -0.392 e. The van der Waals surface area contributed by atoms with Gasteiger partial charge in [0.25, 0.3) is 0 Å². The summed E-state index contributed by atoms with van der Waals surface area (Å²) >= 11 is 0. The van der Waals surface area contributed by atoms with Crippen LogP contribution in [0.2, 0.25) is 0 Å². The number of aryl methyl sites for hydroxylation is 1. The maximum Gasteiger partial charge on any atom is 0.179 e. The van der Waals surface area contributed by atoms with E-state index in [1.807, 2.05) is 0 Å². The summed E-state index contributed by atoms with van der Waals surface area (Å²) in [7, 11) is -3.72. The first kappa shape index (κ1) is 18.0. The fourth-order valence-corrected chi connectivity index (χ4v) is 6.10. The van der Waals surface area contributed by atoms with Crippen molar-refractivity contribution in [1.82, 2.24) is 0 Å². The van der Waals surface area contributed by atoms with Crippen LogP contribution in [-0.4, -0.2) is 25.4 Å². The first-order valence-electron chi connectivity index (χ1n) is 7.99. The van der Waals surface area contributed by atoms with Gasteiger partial charge in [-0.3, -0.25) is 0 Å². The van der Waals surface area contributed by atoms with Gasteiger partial charge in [-0.1, -0.05) is 26.0 Å². The molecule has 2 aromatic carbocycles. The molecule has 0 unspecified atom stereocenters. The molecule has 3 nitrogen and oxygen atoms in total. The smallest absolute Gasteiger partial charge is 0.179 e. The van der Waals surface area contributed by atoms with E-state index in [0.29, 0.717) is 11.1 Å². The van der Waals surface area contributed by atoms with Gasteiger partial charge in [0.15, 0.2) is 9.84 Å². The number of aliphatic hydroxyl groups is 1. The van der Waals surface area contributed by atoms with Gasteiger partial charge in [0.2, 0.25) is 0 Å². The predicted octanol–water partition coefficient (Wildman–Crippen LogP) is 3.58. The van der Waals surface area contributed by atoms with Crippen molar-refractivity contribution < 1.29 is 22.3 Å². The number of sulfone groups is 1. The molecule has 25 heavy (non-hydrogen) atoms. The summed E-state index contributed by atoms with van der Waals surface area (Å²) in [5.74, 6) is -2.02. The lowest BCUT2D eigenvalue weighted by molar-refractivity contribution is 0.0520. The third-order valence-electron chi connectivity index (χ3n) is 4.82. The molecule has 134 valence electrons. The monoisotopic (exact) mass is 366 g/mol. The minimum absolute atomic E-state index is 0.0628. The summed E-state index contributed by atoms with van der Waals surface area (Å²) in [5, 5.41) is 11.0. The summed E-state index contributed by atoms with van der Waals surface area (Å²) in [6.45, 7) is 4.89. The fraction of sp³-hybridized carbons (Fsp3) is 0.368. The zero-order valence-electron chi connectivity index (χ0n) is 14.3. The van der Waals surface area contributed by atoms with E-state index in [9.17, 15) is 22.3 Å². The predicted molar refractivity (Wildman–Crippen MR) is 91.2 cm³/mol. The Labute approximate surface area is 146 Å². The Kier molecular flexibility index (Phi) is 4.24. The lowest BCUT2D eigenvalue weighted by Gasteiger charge is -2.33. The van der Waals surface area contributed by atoms with Gasteiger partial charge in [-0.15, -0.1) is 0 Å². The maximum atomic E-state index is 14.1. The molecule has 0 aliphatic carbocycles. The Morgan fingerprint density at radius 3 is 2.28 bits per heavy atom. The molecular weight excluding hydrogens is 346 g/mol. The molecule has 1 heterocycles. The number of fused-ring (bicyclic) bond motifs is 1. The number of benzene rings is 2. The Morgan fingerprint density at radius 1 is 1.08 bits per heavy atom. The number of rotatable bonds is 1. The average molecular weight is 366 g/mol. The molecule has 0 aromatic heterocycles. The summed E-state index contributed by atoms with van der Waals surface area (Å²) in [5.41, 5.74) is 0.124. The lowest BCUT2D eigenvalue weighted by Crippen LogP contribution is -2.38. The molecule has 0 bridgehead atoms. The van der Waals surface area contributed by atoms with Gasteiger partial charge in [0, 0.05) is 11.3 Å². The zero-order chi connectivity index (χ0) is 18.6. The van der Waals surface area contributed by atoms with Gasteiger partial charge in [0.1, 0.15) is 11.6 Å². The Hall–Kier alpha value is -1.79. The third-order valence-corrected chi connectivity index (χ3v) is 7.13. The molecule has 3 rings (SSSR count). The van der Waals surface area contributed by atoms with Crippen LogP contribution in [0.5, 0.6) is 0 Å². The van der Waals surface area contributed by atoms with E-state index < -0.39 is 38.9 Å². The largest absolute Gasteiger partial charge is 0.392 e. The van der Waals surface area contributed by atoms with Gasteiger partial charge >= 0.3 is 0 Å². The van der Waals surface area contributed by atoms with Crippen LogP contribution >= 0.6 is 0 Å². The zero-order valence-corrected chi connectivity index (χ0v) is 15.1. The second-order valence-corrected chi connectivity index (χ2v) is 9.29. The van der Waals surface area contributed by atoms with Crippen molar-refractivity contribution in [3.63, 3.8) is 0 Å². The summed E-state index contributed by atoms with van der Waals surface area (Å²) in [6, 6.07) is 7.85. The van der Waals surface area contributed by atoms with Gasteiger partial charge < -0.3 is 5.11 Å². The van der Waals surface area contributed by atoms with Crippen LogP contribution < -0.4 is 0 Å². The Balaban J connectivity index is 2.37. The second kappa shape index (κ2) is 5.88. The van der Waals surface area contributed by atoms with Crippen molar-refractivity contribution in [1.29, 1.82) is 0 Å². The molecule has 0 fully saturated rings. The maximum absolute atomic E-state index is 14.1. The number of hydrogen-bond acceptors (Lipinski definition) is 3. The van der Waals surface area contributed by atoms with Gasteiger partial charge in [-0.2, -0.15) is 0 Å². The van der Waals surface area contributed by atoms with Crippen LogP contribution in [0.15, 0.2) is 41.3 Å². The minimum atomic E-state index is -3.72. The van der Waals surface area contributed by atoms with Gasteiger partial charge in [-0.25, -0.2) is 17.2 Å². The number of halogens is 2.